The predicted octanol–water partition coefficient (Wildman–Crippen LogP) is 8.04. The third-order valence-corrected chi connectivity index (χ3v) is 13.3. The summed E-state index contributed by atoms with van der Waals surface area (Å²) in [4.78, 5) is 0. The molecule has 2 aliphatic carbocycles. The van der Waals surface area contributed by atoms with Crippen molar-refractivity contribution in [2.75, 3.05) is 40.8 Å². The van der Waals surface area contributed by atoms with Crippen LogP contribution in [0.3, 0.4) is 0 Å². The van der Waals surface area contributed by atoms with Crippen molar-refractivity contribution in [3.63, 3.8) is 0 Å². The van der Waals surface area contributed by atoms with E-state index in [0.717, 1.165) is 47.2 Å². The molecule has 261 valence electrons. The van der Waals surface area contributed by atoms with Gasteiger partial charge in [-0.15, -0.1) is 0 Å². The van der Waals surface area contributed by atoms with Gasteiger partial charge < -0.3 is 36.2 Å². The van der Waals surface area contributed by atoms with Gasteiger partial charge in [0.15, 0.2) is 0 Å². The van der Waals surface area contributed by atoms with Crippen LogP contribution in [0, 0.1) is 37.5 Å². The van der Waals surface area contributed by atoms with Gasteiger partial charge in [-0.05, 0) is 96.4 Å². The zero-order valence-corrected chi connectivity index (χ0v) is 31.2. The molecule has 2 aliphatic rings. The molecule has 0 N–H and O–H groups in total. The Balaban J connectivity index is 0.000000418. The summed E-state index contributed by atoms with van der Waals surface area (Å²) >= 11 is 0. The summed E-state index contributed by atoms with van der Waals surface area (Å²) in [5.74, 6) is 5.26. The standard InChI is InChI=1S/C30H32O4P2.C7H8.BF4.Rh/c1-31-23-13-5-9-17-27(23)35(28-18-10-6-14-24(28)32-2)21-22-36(29-19-11-7-15-25(29)33-3)30-20-12-8-16-26(30)34-4;1-2-7-4-3-6(1)5-7;2-1(3,4)5;/h5-20H,21-22H2,1-4H3;1-4,6-7H,5H2;;/q;;-1;+2. The Morgan fingerprint density at radius 3 is 0.898 bits per heavy atom. The third-order valence-electron chi connectivity index (χ3n) is 7.81. The number of rotatable bonds is 11. The van der Waals surface area contributed by atoms with Crippen LogP contribution in [0.4, 0.5) is 17.3 Å². The molecule has 0 aliphatic heterocycles. The monoisotopic (exact) mass is 800 g/mol. The Labute approximate surface area is 303 Å². The summed E-state index contributed by atoms with van der Waals surface area (Å²) in [6.45, 7) is 0. The second-order valence-corrected chi connectivity index (χ2v) is 15.4. The van der Waals surface area contributed by atoms with Gasteiger partial charge in [-0.3, -0.25) is 0 Å². The fourth-order valence-electron chi connectivity index (χ4n) is 5.68. The van der Waals surface area contributed by atoms with Gasteiger partial charge in [0.05, 0.1) is 28.4 Å². The minimum Gasteiger partial charge on any atom is -0.496 e. The van der Waals surface area contributed by atoms with Gasteiger partial charge in [-0.2, -0.15) is 0 Å². The van der Waals surface area contributed by atoms with Crippen LogP contribution < -0.4 is 40.2 Å². The van der Waals surface area contributed by atoms with Crippen LogP contribution in [0.1, 0.15) is 6.42 Å². The maximum absolute atomic E-state index is 9.75. The van der Waals surface area contributed by atoms with E-state index in [4.69, 9.17) is 18.9 Å². The van der Waals surface area contributed by atoms with Crippen molar-refractivity contribution >= 4 is 44.3 Å². The maximum atomic E-state index is 9.75. The number of halogens is 4. The van der Waals surface area contributed by atoms with Crippen molar-refractivity contribution in [1.29, 1.82) is 0 Å². The molecule has 0 unspecified atom stereocenters. The average Bonchev–Trinajstić information content (AvgIpc) is 3.77. The van der Waals surface area contributed by atoms with Crippen molar-refractivity contribution in [3.05, 3.63) is 123 Å². The van der Waals surface area contributed by atoms with E-state index in [9.17, 15) is 17.3 Å². The van der Waals surface area contributed by atoms with Gasteiger partial charge in [0, 0.05) is 21.2 Å². The number of methoxy groups -OCH3 is 4. The molecule has 0 amide bonds. The molecule has 4 aromatic carbocycles. The molecule has 5 radical (unpaired) electrons. The fourth-order valence-corrected chi connectivity index (χ4v) is 11.6. The molecule has 4 aromatic rings. The van der Waals surface area contributed by atoms with Crippen molar-refractivity contribution in [2.24, 2.45) is 11.8 Å². The van der Waals surface area contributed by atoms with Crippen LogP contribution in [0.25, 0.3) is 0 Å². The molecule has 2 saturated carbocycles. The molecule has 49 heavy (non-hydrogen) atoms. The van der Waals surface area contributed by atoms with Crippen molar-refractivity contribution in [1.82, 2.24) is 0 Å². The Morgan fingerprint density at radius 2 is 0.714 bits per heavy atom. The van der Waals surface area contributed by atoms with Crippen LogP contribution in [-0.2, 0) is 19.5 Å². The summed E-state index contributed by atoms with van der Waals surface area (Å²) in [7, 11) is -0.556. The first-order valence-electron chi connectivity index (χ1n) is 15.5. The average molecular weight is 800 g/mol. The Hall–Kier alpha value is -2.65. The van der Waals surface area contributed by atoms with Gasteiger partial charge in [0.1, 0.15) is 23.0 Å². The van der Waals surface area contributed by atoms with E-state index < -0.39 is 23.1 Å². The number of ether oxygens (including phenoxy) is 4. The number of hydrogen-bond donors (Lipinski definition) is 0. The molecular weight excluding hydrogens is 760 g/mol. The minimum absolute atomic E-state index is 0. The van der Waals surface area contributed by atoms with Crippen molar-refractivity contribution in [2.45, 2.75) is 6.42 Å². The topological polar surface area (TPSA) is 36.9 Å². The first kappa shape index (κ1) is 40.8. The van der Waals surface area contributed by atoms with Gasteiger partial charge in [-0.1, -0.05) is 72.8 Å². The predicted molar refractivity (Wildman–Crippen MR) is 193 cm³/mol. The first-order valence-corrected chi connectivity index (χ1v) is 18.5. The molecular formula is C37H40BF4O4P2Rh+. The van der Waals surface area contributed by atoms with E-state index in [2.05, 4.69) is 74.2 Å². The Kier molecular flexibility index (Phi) is 16.9. The SMILES string of the molecule is COc1ccccc1P(CCP(c1ccccc1OC)c1ccccc1OC)c1ccccc1OC.F[B-](F)(F)F.[CH]1[CH]C2[CH][CH]C1C2.[Rh+2]. The molecule has 0 spiro atoms. The van der Waals surface area contributed by atoms with Crippen molar-refractivity contribution in [3.8, 4) is 23.0 Å². The summed E-state index contributed by atoms with van der Waals surface area (Å²) in [6.07, 6.45) is 12.5. The van der Waals surface area contributed by atoms with Crippen LogP contribution in [0.2, 0.25) is 0 Å². The molecule has 2 fully saturated rings. The second kappa shape index (κ2) is 20.3. The van der Waals surface area contributed by atoms with Crippen LogP contribution in [0.5, 0.6) is 23.0 Å². The van der Waals surface area contributed by atoms with E-state index in [0.29, 0.717) is 0 Å². The zero-order chi connectivity index (χ0) is 34.5. The normalized spacial score (nSPS) is 16.1. The maximum Gasteiger partial charge on any atom is 2.00 e. The zero-order valence-electron chi connectivity index (χ0n) is 27.8. The second-order valence-electron chi connectivity index (χ2n) is 10.8. The van der Waals surface area contributed by atoms with Gasteiger partial charge in [0.2, 0.25) is 0 Å². The van der Waals surface area contributed by atoms with Gasteiger partial charge >= 0.3 is 26.7 Å². The smallest absolute Gasteiger partial charge is 0.496 e. The number of benzene rings is 4. The van der Waals surface area contributed by atoms with Crippen LogP contribution in [-0.4, -0.2) is 48.0 Å². The van der Waals surface area contributed by atoms with E-state index in [1.165, 1.54) is 27.6 Å². The van der Waals surface area contributed by atoms with E-state index in [-0.39, 0.29) is 19.5 Å². The van der Waals surface area contributed by atoms with Gasteiger partial charge in [0.25, 0.3) is 0 Å². The van der Waals surface area contributed by atoms with Gasteiger partial charge in [-0.25, -0.2) is 0 Å². The number of para-hydroxylation sites is 4. The first-order chi connectivity index (χ1) is 23.2. The molecule has 4 nitrogen and oxygen atoms in total. The van der Waals surface area contributed by atoms with Crippen LogP contribution in [0.15, 0.2) is 97.1 Å². The number of hydrogen-bond acceptors (Lipinski definition) is 4. The molecule has 0 aromatic heterocycles. The third kappa shape index (κ3) is 12.0. The van der Waals surface area contributed by atoms with E-state index in [1.54, 1.807) is 28.4 Å². The molecule has 0 atom stereocenters. The summed E-state index contributed by atoms with van der Waals surface area (Å²) in [5, 5.41) is 4.87. The fraction of sp³-hybridized carbons (Fsp3) is 0.243. The molecule has 6 rings (SSSR count). The Morgan fingerprint density at radius 1 is 0.490 bits per heavy atom. The van der Waals surface area contributed by atoms with Crippen molar-refractivity contribution < 1.29 is 55.7 Å². The quantitative estimate of drug-likeness (QED) is 0.0876. The summed E-state index contributed by atoms with van der Waals surface area (Å²) < 4.78 is 62.2. The van der Waals surface area contributed by atoms with E-state index in [1.807, 2.05) is 48.5 Å². The summed E-state index contributed by atoms with van der Waals surface area (Å²) in [5.41, 5.74) is 0. The molecule has 0 saturated heterocycles. The minimum atomic E-state index is -6.00. The van der Waals surface area contributed by atoms with Crippen LogP contribution >= 0.6 is 15.8 Å². The molecule has 2 bridgehead atoms. The molecule has 0 heterocycles. The van der Waals surface area contributed by atoms with E-state index >= 15 is 0 Å². The number of fused-ring (bicyclic) bond motifs is 2. The Bertz CT molecular complexity index is 1360. The largest absolute Gasteiger partial charge is 2.00 e. The summed E-state index contributed by atoms with van der Waals surface area (Å²) in [6, 6.07) is 33.4. The molecule has 12 heteroatoms.